The summed E-state index contributed by atoms with van der Waals surface area (Å²) in [5.74, 6) is -3.09. The van der Waals surface area contributed by atoms with Crippen molar-refractivity contribution in [1.82, 2.24) is 10.2 Å². The van der Waals surface area contributed by atoms with Gasteiger partial charge in [-0.3, -0.25) is 4.90 Å². The van der Waals surface area contributed by atoms with Gasteiger partial charge in [0.2, 0.25) is 0 Å². The number of carboxylic acid groups (broad SMARTS) is 2. The number of nitrogens with one attached hydrogen (secondary N) is 1. The molecule has 0 aliphatic carbocycles. The molecule has 1 N–H and O–H groups in total. The van der Waals surface area contributed by atoms with E-state index in [1.165, 1.54) is 5.56 Å². The standard InChI is InChI=1S/C11H15ClN2.C4H4O4/c12-11-4-2-1-3-10(11)9-14-7-5-13-6-8-14;5-3(6)1-2-4(7)8/h1-4,13H,5-9H2;1-2H,(H,5,6)(H,7,8)/p-2/b;2-1-. The molecule has 1 aliphatic heterocycles. The van der Waals surface area contributed by atoms with Gasteiger partial charge in [0.05, 0.1) is 11.9 Å². The summed E-state index contributed by atoms with van der Waals surface area (Å²) < 4.78 is 0. The highest BCUT2D eigenvalue weighted by Crippen LogP contribution is 2.16. The average molecular weight is 325 g/mol. The first kappa shape index (κ1) is 18.2. The molecule has 7 heteroatoms. The van der Waals surface area contributed by atoms with E-state index >= 15 is 0 Å². The minimum absolute atomic E-state index is 0.384. The zero-order valence-electron chi connectivity index (χ0n) is 12.0. The summed E-state index contributed by atoms with van der Waals surface area (Å²) in [6.07, 6.45) is 0.769. The first-order valence-electron chi connectivity index (χ1n) is 6.75. The Morgan fingerprint density at radius 2 is 1.68 bits per heavy atom. The van der Waals surface area contributed by atoms with Gasteiger partial charge in [-0.1, -0.05) is 29.8 Å². The summed E-state index contributed by atoms with van der Waals surface area (Å²) in [5, 5.41) is 23.1. The Balaban J connectivity index is 0.000000261. The normalized spacial score (nSPS) is 15.1. The summed E-state index contributed by atoms with van der Waals surface area (Å²) in [5.41, 5.74) is 1.23. The van der Waals surface area contributed by atoms with Crippen molar-refractivity contribution in [3.8, 4) is 0 Å². The number of carboxylic acids is 2. The third-order valence-corrected chi connectivity index (χ3v) is 3.29. The highest BCUT2D eigenvalue weighted by Gasteiger charge is 2.10. The molecule has 1 aliphatic rings. The van der Waals surface area contributed by atoms with Crippen LogP contribution in [0.5, 0.6) is 0 Å². The van der Waals surface area contributed by atoms with Gasteiger partial charge in [-0.15, -0.1) is 0 Å². The summed E-state index contributed by atoms with van der Waals surface area (Å²) in [6, 6.07) is 8.08. The first-order chi connectivity index (χ1) is 10.5. The number of carbonyl (C=O) groups is 2. The highest BCUT2D eigenvalue weighted by molar-refractivity contribution is 6.31. The lowest BCUT2D eigenvalue weighted by molar-refractivity contribution is -0.301. The van der Waals surface area contributed by atoms with E-state index in [1.54, 1.807) is 0 Å². The van der Waals surface area contributed by atoms with Crippen molar-refractivity contribution in [1.29, 1.82) is 0 Å². The van der Waals surface area contributed by atoms with E-state index < -0.39 is 11.9 Å². The molecule has 0 saturated carbocycles. The predicted molar refractivity (Wildman–Crippen MR) is 78.8 cm³/mol. The topological polar surface area (TPSA) is 95.5 Å². The Labute approximate surface area is 134 Å². The van der Waals surface area contributed by atoms with Crippen LogP contribution in [0.1, 0.15) is 5.56 Å². The molecule has 0 atom stereocenters. The van der Waals surface area contributed by atoms with E-state index in [0.717, 1.165) is 37.7 Å². The van der Waals surface area contributed by atoms with Crippen LogP contribution in [0.25, 0.3) is 0 Å². The molecule has 1 fully saturated rings. The molecule has 1 aromatic carbocycles. The van der Waals surface area contributed by atoms with E-state index in [4.69, 9.17) is 11.6 Å². The van der Waals surface area contributed by atoms with Gasteiger partial charge in [0, 0.05) is 37.7 Å². The summed E-state index contributed by atoms with van der Waals surface area (Å²) in [7, 11) is 0. The zero-order valence-corrected chi connectivity index (χ0v) is 12.7. The van der Waals surface area contributed by atoms with Gasteiger partial charge in [-0.05, 0) is 23.8 Å². The van der Waals surface area contributed by atoms with E-state index in [2.05, 4.69) is 16.3 Å². The molecule has 2 rings (SSSR count). The number of hydrogen-bond acceptors (Lipinski definition) is 6. The van der Waals surface area contributed by atoms with Gasteiger partial charge in [-0.2, -0.15) is 0 Å². The molecule has 120 valence electrons. The van der Waals surface area contributed by atoms with E-state index in [1.807, 2.05) is 18.2 Å². The first-order valence-corrected chi connectivity index (χ1v) is 7.13. The Morgan fingerprint density at radius 1 is 1.14 bits per heavy atom. The lowest BCUT2D eigenvalue weighted by atomic mass is 10.2. The molecule has 0 radical (unpaired) electrons. The monoisotopic (exact) mass is 324 g/mol. The van der Waals surface area contributed by atoms with Crippen molar-refractivity contribution in [2.75, 3.05) is 26.2 Å². The van der Waals surface area contributed by atoms with Crippen LogP contribution in [0.15, 0.2) is 36.4 Å². The fourth-order valence-corrected chi connectivity index (χ4v) is 2.07. The second kappa shape index (κ2) is 9.94. The van der Waals surface area contributed by atoms with Crippen LogP contribution in [0, 0.1) is 0 Å². The third-order valence-electron chi connectivity index (χ3n) is 2.92. The highest BCUT2D eigenvalue weighted by atomic mass is 35.5. The van der Waals surface area contributed by atoms with Gasteiger partial charge in [0.25, 0.3) is 0 Å². The molecule has 0 spiro atoms. The predicted octanol–water partition coefficient (Wildman–Crippen LogP) is -1.21. The van der Waals surface area contributed by atoms with Crippen LogP contribution in [-0.4, -0.2) is 43.0 Å². The summed E-state index contributed by atoms with van der Waals surface area (Å²) >= 11 is 6.10. The van der Waals surface area contributed by atoms with E-state index in [9.17, 15) is 19.8 Å². The van der Waals surface area contributed by atoms with Gasteiger partial charge >= 0.3 is 0 Å². The lowest BCUT2D eigenvalue weighted by Gasteiger charge is -2.27. The molecule has 6 nitrogen and oxygen atoms in total. The van der Waals surface area contributed by atoms with Gasteiger partial charge in [0.1, 0.15) is 0 Å². The van der Waals surface area contributed by atoms with Crippen LogP contribution in [0.3, 0.4) is 0 Å². The van der Waals surface area contributed by atoms with Crippen molar-refractivity contribution >= 4 is 23.5 Å². The number of hydrogen-bond donors (Lipinski definition) is 1. The SMILES string of the molecule is Clc1ccccc1CN1CCNCC1.O=C([O-])/C=C\C(=O)[O-]. The van der Waals surface area contributed by atoms with Gasteiger partial charge in [-0.25, -0.2) is 0 Å². The van der Waals surface area contributed by atoms with Crippen LogP contribution in [-0.2, 0) is 16.1 Å². The van der Waals surface area contributed by atoms with Gasteiger partial charge < -0.3 is 25.1 Å². The minimum atomic E-state index is -1.55. The van der Waals surface area contributed by atoms with Gasteiger partial charge in [0.15, 0.2) is 0 Å². The Kier molecular flexibility index (Phi) is 8.21. The van der Waals surface area contributed by atoms with Crippen molar-refractivity contribution in [2.45, 2.75) is 6.54 Å². The van der Waals surface area contributed by atoms with Crippen LogP contribution in [0.4, 0.5) is 0 Å². The molecular weight excluding hydrogens is 308 g/mol. The molecule has 22 heavy (non-hydrogen) atoms. The fraction of sp³-hybridized carbons (Fsp3) is 0.333. The maximum Gasteiger partial charge on any atom is 0.0643 e. The van der Waals surface area contributed by atoms with Crippen molar-refractivity contribution in [3.05, 3.63) is 47.0 Å². The molecule has 1 aromatic rings. The minimum Gasteiger partial charge on any atom is -0.545 e. The van der Waals surface area contributed by atoms with Crippen LogP contribution in [0.2, 0.25) is 5.02 Å². The largest absolute Gasteiger partial charge is 0.545 e. The molecule has 1 saturated heterocycles. The van der Waals surface area contributed by atoms with Crippen molar-refractivity contribution < 1.29 is 19.8 Å². The fourth-order valence-electron chi connectivity index (χ4n) is 1.87. The Hall–Kier alpha value is -1.89. The lowest BCUT2D eigenvalue weighted by Crippen LogP contribution is -2.42. The molecule has 0 bridgehead atoms. The number of carbonyl (C=O) groups excluding carboxylic acids is 2. The number of aliphatic carboxylic acids is 2. The number of halogens is 1. The summed E-state index contributed by atoms with van der Waals surface area (Å²) in [4.78, 5) is 21.3. The Morgan fingerprint density at radius 3 is 2.18 bits per heavy atom. The molecular formula is C15H17ClN2O4-2. The molecule has 0 aromatic heterocycles. The average Bonchev–Trinajstić information content (AvgIpc) is 2.49. The number of nitrogens with zero attached hydrogens (tertiary/aromatic N) is 1. The maximum absolute atomic E-state index is 9.41. The van der Waals surface area contributed by atoms with Crippen molar-refractivity contribution in [3.63, 3.8) is 0 Å². The van der Waals surface area contributed by atoms with E-state index in [-0.39, 0.29) is 0 Å². The van der Waals surface area contributed by atoms with Crippen LogP contribution >= 0.6 is 11.6 Å². The number of piperazine rings is 1. The zero-order chi connectivity index (χ0) is 16.4. The smallest absolute Gasteiger partial charge is 0.0643 e. The molecule has 0 amide bonds. The molecule has 0 unspecified atom stereocenters. The second-order valence-electron chi connectivity index (χ2n) is 4.59. The number of benzene rings is 1. The molecule has 1 heterocycles. The second-order valence-corrected chi connectivity index (χ2v) is 5.00. The maximum atomic E-state index is 9.41. The summed E-state index contributed by atoms with van der Waals surface area (Å²) in [6.45, 7) is 5.38. The third kappa shape index (κ3) is 7.78. The van der Waals surface area contributed by atoms with E-state index in [0.29, 0.717) is 12.2 Å². The van der Waals surface area contributed by atoms with Crippen LogP contribution < -0.4 is 15.5 Å². The quantitative estimate of drug-likeness (QED) is 0.698. The van der Waals surface area contributed by atoms with Crippen molar-refractivity contribution in [2.24, 2.45) is 0 Å². The Bertz CT molecular complexity index is 512. The number of rotatable bonds is 4.